The van der Waals surface area contributed by atoms with E-state index in [0.717, 1.165) is 0 Å². The second-order valence-electron chi connectivity index (χ2n) is 5.59. The lowest BCUT2D eigenvalue weighted by Gasteiger charge is -2.24. The molecule has 1 saturated heterocycles. The molecule has 1 heterocycles. The highest BCUT2D eigenvalue weighted by atomic mass is 16.6. The van der Waals surface area contributed by atoms with Gasteiger partial charge in [-0.2, -0.15) is 0 Å². The van der Waals surface area contributed by atoms with Gasteiger partial charge in [0.1, 0.15) is 5.60 Å². The second kappa shape index (κ2) is 5.56. The third kappa shape index (κ3) is 4.18. The maximum Gasteiger partial charge on any atom is 0.410 e. The average molecular weight is 258 g/mol. The highest BCUT2D eigenvalue weighted by Gasteiger charge is 2.36. The zero-order valence-electron chi connectivity index (χ0n) is 11.4. The molecule has 0 bridgehead atoms. The summed E-state index contributed by atoms with van der Waals surface area (Å²) in [6, 6.07) is -0.211. The molecule has 18 heavy (non-hydrogen) atoms. The van der Waals surface area contributed by atoms with Gasteiger partial charge in [0.2, 0.25) is 0 Å². The van der Waals surface area contributed by atoms with Crippen LogP contribution in [-0.4, -0.2) is 48.8 Å². The summed E-state index contributed by atoms with van der Waals surface area (Å²) >= 11 is 0. The summed E-state index contributed by atoms with van der Waals surface area (Å²) in [5.74, 6) is -0.369. The van der Waals surface area contributed by atoms with Crippen molar-refractivity contribution in [1.82, 2.24) is 4.90 Å². The first-order chi connectivity index (χ1) is 8.23. The van der Waals surface area contributed by atoms with Crippen molar-refractivity contribution in [3.05, 3.63) is 0 Å². The molecule has 0 saturated carbocycles. The molecule has 0 spiro atoms. The monoisotopic (exact) mass is 258 g/mol. The number of rotatable bonds is 2. The molecule has 1 aliphatic heterocycles. The van der Waals surface area contributed by atoms with Crippen LogP contribution in [0.5, 0.6) is 0 Å². The molecule has 1 amide bonds. The fourth-order valence-corrected chi connectivity index (χ4v) is 1.89. The van der Waals surface area contributed by atoms with E-state index in [2.05, 4.69) is 4.74 Å². The van der Waals surface area contributed by atoms with Gasteiger partial charge >= 0.3 is 12.1 Å². The van der Waals surface area contributed by atoms with Crippen molar-refractivity contribution in [2.75, 3.05) is 20.2 Å². The molecule has 1 rings (SSSR count). The maximum absolute atomic E-state index is 11.8. The van der Waals surface area contributed by atoms with Gasteiger partial charge < -0.3 is 20.1 Å². The molecule has 2 N–H and O–H groups in total. The molecule has 104 valence electrons. The minimum absolute atomic E-state index is 0.0648. The maximum atomic E-state index is 11.8. The largest absolute Gasteiger partial charge is 0.469 e. The van der Waals surface area contributed by atoms with Crippen LogP contribution in [0, 0.1) is 5.92 Å². The molecule has 0 aliphatic carbocycles. The highest BCUT2D eigenvalue weighted by Crippen LogP contribution is 2.21. The molecular weight excluding hydrogens is 236 g/mol. The summed E-state index contributed by atoms with van der Waals surface area (Å²) in [5, 5.41) is 0. The van der Waals surface area contributed by atoms with Crippen LogP contribution in [-0.2, 0) is 14.3 Å². The van der Waals surface area contributed by atoms with Crippen LogP contribution in [0.15, 0.2) is 0 Å². The number of nitrogens with zero attached hydrogens (tertiary/aromatic N) is 1. The fourth-order valence-electron chi connectivity index (χ4n) is 1.89. The second-order valence-corrected chi connectivity index (χ2v) is 5.59. The predicted octanol–water partition coefficient (Wildman–Crippen LogP) is 0.744. The number of carbonyl (C=O) groups is 2. The first kappa shape index (κ1) is 14.8. The van der Waals surface area contributed by atoms with Gasteiger partial charge in [0, 0.05) is 25.0 Å². The number of carbonyl (C=O) groups excluding carboxylic acids is 2. The highest BCUT2D eigenvalue weighted by molar-refractivity contribution is 5.71. The van der Waals surface area contributed by atoms with Crippen LogP contribution in [0.25, 0.3) is 0 Å². The van der Waals surface area contributed by atoms with E-state index < -0.39 is 5.60 Å². The van der Waals surface area contributed by atoms with Crippen LogP contribution < -0.4 is 5.73 Å². The van der Waals surface area contributed by atoms with Gasteiger partial charge in [0.05, 0.1) is 13.5 Å². The lowest BCUT2D eigenvalue weighted by atomic mass is 10.0. The topological polar surface area (TPSA) is 81.9 Å². The lowest BCUT2D eigenvalue weighted by molar-refractivity contribution is -0.141. The Balaban J connectivity index is 2.53. The molecule has 0 unspecified atom stereocenters. The van der Waals surface area contributed by atoms with Crippen molar-refractivity contribution < 1.29 is 19.1 Å². The Morgan fingerprint density at radius 3 is 2.44 bits per heavy atom. The van der Waals surface area contributed by atoms with Gasteiger partial charge in [-0.25, -0.2) is 4.79 Å². The molecule has 0 aromatic heterocycles. The van der Waals surface area contributed by atoms with E-state index in [0.29, 0.717) is 13.1 Å². The fraction of sp³-hybridized carbons (Fsp3) is 0.833. The van der Waals surface area contributed by atoms with Crippen molar-refractivity contribution in [1.29, 1.82) is 0 Å². The van der Waals surface area contributed by atoms with E-state index in [1.54, 1.807) is 4.90 Å². The van der Waals surface area contributed by atoms with E-state index in [1.807, 2.05) is 20.8 Å². The lowest BCUT2D eigenvalue weighted by Crippen LogP contribution is -2.36. The van der Waals surface area contributed by atoms with Crippen molar-refractivity contribution in [2.24, 2.45) is 11.7 Å². The Hall–Kier alpha value is -1.30. The van der Waals surface area contributed by atoms with Gasteiger partial charge in [-0.15, -0.1) is 0 Å². The minimum atomic E-state index is -0.526. The number of hydrogen-bond donors (Lipinski definition) is 1. The molecule has 0 radical (unpaired) electrons. The van der Waals surface area contributed by atoms with Gasteiger partial charge in [0.15, 0.2) is 0 Å². The summed E-state index contributed by atoms with van der Waals surface area (Å²) < 4.78 is 9.87. The molecule has 2 atom stereocenters. The molecule has 1 fully saturated rings. The zero-order valence-corrected chi connectivity index (χ0v) is 11.4. The Morgan fingerprint density at radius 1 is 1.33 bits per heavy atom. The van der Waals surface area contributed by atoms with Gasteiger partial charge in [0.25, 0.3) is 0 Å². The summed E-state index contributed by atoms with van der Waals surface area (Å²) in [6.45, 7) is 6.29. The normalized spacial score (nSPS) is 23.9. The molecule has 0 aromatic rings. The Morgan fingerprint density at radius 2 is 1.94 bits per heavy atom. The zero-order chi connectivity index (χ0) is 13.9. The van der Waals surface area contributed by atoms with Crippen molar-refractivity contribution in [2.45, 2.75) is 38.8 Å². The van der Waals surface area contributed by atoms with Crippen LogP contribution in [0.3, 0.4) is 0 Å². The summed E-state index contributed by atoms with van der Waals surface area (Å²) in [5.41, 5.74) is 5.39. The first-order valence-corrected chi connectivity index (χ1v) is 6.03. The molecular formula is C12H22N2O4. The molecule has 0 aromatic carbocycles. The SMILES string of the molecule is COC(=O)C[C@H]1CN(C(=O)OC(C)(C)C)C[C@H]1N. The summed E-state index contributed by atoms with van der Waals surface area (Å²) in [6.07, 6.45) is -0.151. The summed E-state index contributed by atoms with van der Waals surface area (Å²) in [4.78, 5) is 24.6. The Kier molecular flexibility index (Phi) is 4.56. The number of hydrogen-bond acceptors (Lipinski definition) is 5. The van der Waals surface area contributed by atoms with Crippen molar-refractivity contribution in [3.63, 3.8) is 0 Å². The van der Waals surface area contributed by atoms with Crippen LogP contribution >= 0.6 is 0 Å². The number of methoxy groups -OCH3 is 1. The first-order valence-electron chi connectivity index (χ1n) is 6.03. The molecule has 6 nitrogen and oxygen atoms in total. The van der Waals surface area contributed by atoms with Gasteiger partial charge in [-0.05, 0) is 20.8 Å². The van der Waals surface area contributed by atoms with E-state index in [1.165, 1.54) is 7.11 Å². The van der Waals surface area contributed by atoms with E-state index >= 15 is 0 Å². The Bertz CT molecular complexity index is 325. The quantitative estimate of drug-likeness (QED) is 0.739. The number of ether oxygens (including phenoxy) is 2. The predicted molar refractivity (Wildman–Crippen MR) is 65.9 cm³/mol. The van der Waals surface area contributed by atoms with Gasteiger partial charge in [-0.1, -0.05) is 0 Å². The van der Waals surface area contributed by atoms with Crippen LogP contribution in [0.1, 0.15) is 27.2 Å². The third-order valence-corrected chi connectivity index (χ3v) is 2.80. The van der Waals surface area contributed by atoms with Gasteiger partial charge in [-0.3, -0.25) is 4.79 Å². The van der Waals surface area contributed by atoms with Crippen LogP contribution in [0.4, 0.5) is 4.79 Å². The van der Waals surface area contributed by atoms with E-state index in [-0.39, 0.29) is 30.4 Å². The number of esters is 1. The number of likely N-dealkylation sites (tertiary alicyclic amines) is 1. The molecule has 6 heteroatoms. The smallest absolute Gasteiger partial charge is 0.410 e. The average Bonchev–Trinajstić information content (AvgIpc) is 2.58. The van der Waals surface area contributed by atoms with E-state index in [4.69, 9.17) is 10.5 Å². The minimum Gasteiger partial charge on any atom is -0.469 e. The van der Waals surface area contributed by atoms with Crippen molar-refractivity contribution >= 4 is 12.1 Å². The third-order valence-electron chi connectivity index (χ3n) is 2.80. The van der Waals surface area contributed by atoms with Crippen molar-refractivity contribution in [3.8, 4) is 0 Å². The Labute approximate surface area is 107 Å². The standard InChI is InChI=1S/C12H22N2O4/c1-12(2,3)18-11(16)14-6-8(9(13)7-14)5-10(15)17-4/h8-9H,5-7,13H2,1-4H3/t8-,9+/m0/s1. The number of amides is 1. The molecule has 1 aliphatic rings. The van der Waals surface area contributed by atoms with Crippen LogP contribution in [0.2, 0.25) is 0 Å². The summed E-state index contributed by atoms with van der Waals surface area (Å²) in [7, 11) is 1.34. The van der Waals surface area contributed by atoms with E-state index in [9.17, 15) is 9.59 Å². The number of nitrogens with two attached hydrogens (primary N) is 1.